The Bertz CT molecular complexity index is 818. The van der Waals surface area contributed by atoms with Gasteiger partial charge in [0, 0.05) is 50.4 Å². The Morgan fingerprint density at radius 3 is 2.61 bits per heavy atom. The van der Waals surface area contributed by atoms with Crippen molar-refractivity contribution in [1.82, 2.24) is 24.6 Å². The van der Waals surface area contributed by atoms with E-state index in [4.69, 9.17) is 4.84 Å². The van der Waals surface area contributed by atoms with Crippen molar-refractivity contribution >= 4 is 11.6 Å². The number of hydrogen-bond acceptors (Lipinski definition) is 6. The van der Waals surface area contributed by atoms with Crippen molar-refractivity contribution in [2.24, 2.45) is 5.16 Å². The maximum Gasteiger partial charge on any atom is 0.253 e. The minimum Gasteiger partial charge on any atom is -0.391 e. The number of benzene rings is 1. The van der Waals surface area contributed by atoms with Crippen LogP contribution in [0.25, 0.3) is 5.69 Å². The van der Waals surface area contributed by atoms with Gasteiger partial charge in [-0.15, -0.1) is 10.2 Å². The van der Waals surface area contributed by atoms with Crippen LogP contribution >= 0.6 is 0 Å². The predicted molar refractivity (Wildman–Crippen MR) is 106 cm³/mol. The summed E-state index contributed by atoms with van der Waals surface area (Å²) < 4.78 is 1.82. The third-order valence-electron chi connectivity index (χ3n) is 5.37. The molecule has 0 bridgehead atoms. The maximum absolute atomic E-state index is 12.9. The second-order valence-corrected chi connectivity index (χ2v) is 7.30. The summed E-state index contributed by atoms with van der Waals surface area (Å²) in [6.07, 6.45) is 6.29. The summed E-state index contributed by atoms with van der Waals surface area (Å²) in [4.78, 5) is 22.8. The Kier molecular flexibility index (Phi) is 5.66. The molecule has 0 saturated carbocycles. The lowest BCUT2D eigenvalue weighted by atomic mass is 10.1. The van der Waals surface area contributed by atoms with Crippen LogP contribution in [0.3, 0.4) is 0 Å². The van der Waals surface area contributed by atoms with Gasteiger partial charge in [0.25, 0.3) is 5.91 Å². The highest BCUT2D eigenvalue weighted by Gasteiger charge is 2.25. The Balaban J connectivity index is 1.32. The van der Waals surface area contributed by atoms with Crippen molar-refractivity contribution in [2.75, 3.05) is 32.7 Å². The molecular weight excluding hydrogens is 356 g/mol. The van der Waals surface area contributed by atoms with Crippen molar-refractivity contribution in [3.63, 3.8) is 0 Å². The van der Waals surface area contributed by atoms with Gasteiger partial charge in [-0.05, 0) is 37.1 Å². The number of aromatic nitrogens is 3. The molecular formula is C20H26N6O2. The molecule has 2 aliphatic rings. The lowest BCUT2D eigenvalue weighted by Crippen LogP contribution is -2.37. The summed E-state index contributed by atoms with van der Waals surface area (Å²) in [6.45, 7) is 6.36. The molecule has 1 aromatic carbocycles. The molecule has 0 N–H and O–H groups in total. The zero-order chi connectivity index (χ0) is 19.3. The molecule has 0 spiro atoms. The summed E-state index contributed by atoms with van der Waals surface area (Å²) >= 11 is 0. The number of hydrogen-bond donors (Lipinski definition) is 0. The van der Waals surface area contributed by atoms with E-state index in [1.54, 1.807) is 12.7 Å². The van der Waals surface area contributed by atoms with E-state index >= 15 is 0 Å². The minimum atomic E-state index is 0.0888. The first-order valence-electron chi connectivity index (χ1n) is 9.91. The largest absolute Gasteiger partial charge is 0.391 e. The molecule has 4 rings (SSSR count). The molecule has 1 atom stereocenters. The Morgan fingerprint density at radius 1 is 1.11 bits per heavy atom. The highest BCUT2D eigenvalue weighted by Crippen LogP contribution is 2.16. The molecule has 1 unspecified atom stereocenters. The first-order valence-corrected chi connectivity index (χ1v) is 9.91. The van der Waals surface area contributed by atoms with Crippen LogP contribution in [0.5, 0.6) is 0 Å². The Labute approximate surface area is 164 Å². The van der Waals surface area contributed by atoms with Gasteiger partial charge in [-0.3, -0.25) is 14.3 Å². The molecule has 3 heterocycles. The fraction of sp³-hybridized carbons (Fsp3) is 0.500. The molecule has 1 amide bonds. The fourth-order valence-corrected chi connectivity index (χ4v) is 3.73. The van der Waals surface area contributed by atoms with Crippen LogP contribution in [-0.4, -0.2) is 75.0 Å². The van der Waals surface area contributed by atoms with Crippen molar-refractivity contribution in [2.45, 2.75) is 32.3 Å². The third-order valence-corrected chi connectivity index (χ3v) is 5.37. The number of nitrogens with zero attached hydrogens (tertiary/aromatic N) is 6. The van der Waals surface area contributed by atoms with Crippen molar-refractivity contribution < 1.29 is 9.63 Å². The van der Waals surface area contributed by atoms with Gasteiger partial charge in [0.05, 0.1) is 5.71 Å². The molecule has 8 nitrogen and oxygen atoms in total. The van der Waals surface area contributed by atoms with E-state index < -0.39 is 0 Å². The average Bonchev–Trinajstić information content (AvgIpc) is 3.37. The predicted octanol–water partition coefficient (Wildman–Crippen LogP) is 1.97. The second kappa shape index (κ2) is 8.52. The van der Waals surface area contributed by atoms with Gasteiger partial charge >= 0.3 is 0 Å². The molecule has 1 saturated heterocycles. The van der Waals surface area contributed by atoms with Crippen LogP contribution in [-0.2, 0) is 4.84 Å². The highest BCUT2D eigenvalue weighted by molar-refractivity contribution is 5.94. The number of carbonyl (C=O) groups excluding carboxylic acids is 1. The van der Waals surface area contributed by atoms with Gasteiger partial charge in [-0.1, -0.05) is 12.1 Å². The summed E-state index contributed by atoms with van der Waals surface area (Å²) in [5, 5.41) is 11.8. The molecule has 2 aliphatic heterocycles. The second-order valence-electron chi connectivity index (χ2n) is 7.30. The standard InChI is InChI=1S/C20H26N6O2/c1-2-17-12-19(28-23-17)13-24-8-3-9-25(11-10-24)20(27)16-4-6-18(7-5-16)26-14-21-22-15-26/h4-7,14-15,19H,2-3,8-13H2,1H3. The van der Waals surface area contributed by atoms with Gasteiger partial charge in [-0.25, -0.2) is 0 Å². The van der Waals surface area contributed by atoms with Crippen molar-refractivity contribution in [3.8, 4) is 5.69 Å². The monoisotopic (exact) mass is 382 g/mol. The molecule has 8 heteroatoms. The molecule has 0 radical (unpaired) electrons. The van der Waals surface area contributed by atoms with Gasteiger partial charge in [-0.2, -0.15) is 0 Å². The Hall–Kier alpha value is -2.74. The smallest absolute Gasteiger partial charge is 0.253 e. The number of oxime groups is 1. The van der Waals surface area contributed by atoms with Crippen LogP contribution in [0.1, 0.15) is 36.5 Å². The van der Waals surface area contributed by atoms with Gasteiger partial charge in [0.15, 0.2) is 0 Å². The molecule has 0 aliphatic carbocycles. The lowest BCUT2D eigenvalue weighted by molar-refractivity contribution is 0.0530. The molecule has 148 valence electrons. The summed E-state index contributed by atoms with van der Waals surface area (Å²) in [6, 6.07) is 7.58. The lowest BCUT2D eigenvalue weighted by Gasteiger charge is -2.23. The molecule has 2 aromatic rings. The quantitative estimate of drug-likeness (QED) is 0.790. The maximum atomic E-state index is 12.9. The van der Waals surface area contributed by atoms with Gasteiger partial charge < -0.3 is 9.74 Å². The minimum absolute atomic E-state index is 0.0888. The SMILES string of the molecule is CCC1=NOC(CN2CCCN(C(=O)c3ccc(-n4cnnc4)cc3)CC2)C1. The topological polar surface area (TPSA) is 75.8 Å². The van der Waals surface area contributed by atoms with Crippen LogP contribution in [0, 0.1) is 0 Å². The first-order chi connectivity index (χ1) is 13.7. The molecule has 1 fully saturated rings. The van der Waals surface area contributed by atoms with Crippen LogP contribution in [0.2, 0.25) is 0 Å². The Morgan fingerprint density at radius 2 is 1.89 bits per heavy atom. The summed E-state index contributed by atoms with van der Waals surface area (Å²) in [7, 11) is 0. The number of rotatable bonds is 5. The van der Waals surface area contributed by atoms with E-state index in [0.717, 1.165) is 63.4 Å². The fourth-order valence-electron chi connectivity index (χ4n) is 3.73. The summed E-state index contributed by atoms with van der Waals surface area (Å²) in [5.41, 5.74) is 2.80. The van der Waals surface area contributed by atoms with Crippen LogP contribution in [0.15, 0.2) is 42.1 Å². The number of amides is 1. The van der Waals surface area contributed by atoms with Crippen molar-refractivity contribution in [3.05, 3.63) is 42.5 Å². The zero-order valence-electron chi connectivity index (χ0n) is 16.2. The van der Waals surface area contributed by atoms with E-state index in [0.29, 0.717) is 5.56 Å². The third kappa shape index (κ3) is 4.22. The van der Waals surface area contributed by atoms with E-state index in [1.165, 1.54) is 0 Å². The number of carbonyl (C=O) groups is 1. The normalized spacial score (nSPS) is 20.5. The van der Waals surface area contributed by atoms with E-state index in [-0.39, 0.29) is 12.0 Å². The van der Waals surface area contributed by atoms with Crippen molar-refractivity contribution in [1.29, 1.82) is 0 Å². The van der Waals surface area contributed by atoms with Gasteiger partial charge in [0.2, 0.25) is 0 Å². The first kappa shape index (κ1) is 18.6. The van der Waals surface area contributed by atoms with E-state index in [9.17, 15) is 4.79 Å². The highest BCUT2D eigenvalue weighted by atomic mass is 16.6. The molecule has 28 heavy (non-hydrogen) atoms. The van der Waals surface area contributed by atoms with Crippen LogP contribution in [0.4, 0.5) is 0 Å². The summed E-state index contributed by atoms with van der Waals surface area (Å²) in [5.74, 6) is 0.0888. The molecule has 1 aromatic heterocycles. The average molecular weight is 382 g/mol. The zero-order valence-corrected chi connectivity index (χ0v) is 16.2. The van der Waals surface area contributed by atoms with Crippen LogP contribution < -0.4 is 0 Å². The van der Waals surface area contributed by atoms with E-state index in [2.05, 4.69) is 27.2 Å². The van der Waals surface area contributed by atoms with E-state index in [1.807, 2.05) is 33.7 Å². The van der Waals surface area contributed by atoms with Gasteiger partial charge in [0.1, 0.15) is 18.8 Å².